The fourth-order valence-electron chi connectivity index (χ4n) is 3.50. The van der Waals surface area contributed by atoms with Crippen LogP contribution in [0.2, 0.25) is 0 Å². The van der Waals surface area contributed by atoms with Crippen molar-refractivity contribution >= 4 is 0 Å². The lowest BCUT2D eigenvalue weighted by molar-refractivity contribution is 0.209. The third kappa shape index (κ3) is 5.96. The first-order chi connectivity index (χ1) is 12.3. The van der Waals surface area contributed by atoms with Crippen molar-refractivity contribution in [3.8, 4) is 0 Å². The summed E-state index contributed by atoms with van der Waals surface area (Å²) in [4.78, 5) is 7.81. The van der Waals surface area contributed by atoms with E-state index in [1.807, 2.05) is 0 Å². The van der Waals surface area contributed by atoms with Crippen LogP contribution in [0.15, 0.2) is 60.7 Å². The average molecular weight is 338 g/mol. The van der Waals surface area contributed by atoms with E-state index in [-0.39, 0.29) is 0 Å². The molecular formula is C22H31N3. The molecule has 1 saturated heterocycles. The molecule has 0 bridgehead atoms. The molecule has 1 fully saturated rings. The molecule has 3 rings (SSSR count). The van der Waals surface area contributed by atoms with Gasteiger partial charge in [0.25, 0.3) is 0 Å². The molecule has 1 heterocycles. The summed E-state index contributed by atoms with van der Waals surface area (Å²) in [7, 11) is 0. The Hall–Kier alpha value is -1.68. The lowest BCUT2D eigenvalue weighted by Gasteiger charge is -2.26. The Morgan fingerprint density at radius 2 is 0.920 bits per heavy atom. The number of rotatable bonds is 5. The largest absolute Gasteiger partial charge is 0.301 e. The van der Waals surface area contributed by atoms with Crippen molar-refractivity contribution in [1.29, 1.82) is 0 Å². The number of hydrogen-bond donors (Lipinski definition) is 0. The van der Waals surface area contributed by atoms with Crippen molar-refractivity contribution in [2.45, 2.75) is 20.0 Å². The molecule has 0 aliphatic carbocycles. The van der Waals surface area contributed by atoms with Crippen LogP contribution in [0.25, 0.3) is 0 Å². The van der Waals surface area contributed by atoms with E-state index in [4.69, 9.17) is 0 Å². The predicted molar refractivity (Wildman–Crippen MR) is 106 cm³/mol. The zero-order valence-electron chi connectivity index (χ0n) is 15.5. The summed E-state index contributed by atoms with van der Waals surface area (Å²) in [6.07, 6.45) is 0. The molecule has 0 spiro atoms. The Morgan fingerprint density at radius 3 is 1.28 bits per heavy atom. The fourth-order valence-corrected chi connectivity index (χ4v) is 3.50. The van der Waals surface area contributed by atoms with E-state index in [1.54, 1.807) is 0 Å². The minimum atomic E-state index is 1.05. The van der Waals surface area contributed by atoms with E-state index in [0.717, 1.165) is 45.8 Å². The molecule has 25 heavy (non-hydrogen) atoms. The molecule has 2 aromatic carbocycles. The molecular weight excluding hydrogens is 306 g/mol. The standard InChI is InChI=1S/C22H31N3/c1-2-23-13-15-24(19-21-9-5-3-6-10-21)17-18-25(16-14-23)20-22-11-7-4-8-12-22/h3-12H,2,13-20H2,1H3. The number of likely N-dealkylation sites (N-methyl/N-ethyl adjacent to an activating group) is 1. The maximum absolute atomic E-state index is 2.61. The van der Waals surface area contributed by atoms with E-state index in [2.05, 4.69) is 82.3 Å². The molecule has 1 aliphatic rings. The van der Waals surface area contributed by atoms with Crippen LogP contribution < -0.4 is 0 Å². The summed E-state index contributed by atoms with van der Waals surface area (Å²) in [5.41, 5.74) is 2.83. The van der Waals surface area contributed by atoms with Crippen LogP contribution in [0, 0.1) is 0 Å². The van der Waals surface area contributed by atoms with Gasteiger partial charge in [-0.15, -0.1) is 0 Å². The topological polar surface area (TPSA) is 9.72 Å². The van der Waals surface area contributed by atoms with Crippen LogP contribution in [0.4, 0.5) is 0 Å². The van der Waals surface area contributed by atoms with Gasteiger partial charge >= 0.3 is 0 Å². The quantitative estimate of drug-likeness (QED) is 0.829. The van der Waals surface area contributed by atoms with Crippen LogP contribution in [-0.2, 0) is 13.1 Å². The average Bonchev–Trinajstić information content (AvgIpc) is 2.75. The highest BCUT2D eigenvalue weighted by molar-refractivity contribution is 5.15. The molecule has 0 aromatic heterocycles. The Labute approximate surface area is 152 Å². The fraction of sp³-hybridized carbons (Fsp3) is 0.455. The van der Waals surface area contributed by atoms with Crippen molar-refractivity contribution in [2.75, 3.05) is 45.8 Å². The van der Waals surface area contributed by atoms with Gasteiger partial charge in [0.2, 0.25) is 0 Å². The van der Waals surface area contributed by atoms with Gasteiger partial charge in [0, 0.05) is 52.4 Å². The van der Waals surface area contributed by atoms with Gasteiger partial charge in [-0.1, -0.05) is 67.6 Å². The first-order valence-electron chi connectivity index (χ1n) is 9.58. The van der Waals surface area contributed by atoms with Crippen molar-refractivity contribution < 1.29 is 0 Å². The van der Waals surface area contributed by atoms with Crippen LogP contribution in [-0.4, -0.2) is 60.5 Å². The molecule has 0 saturated carbocycles. The van der Waals surface area contributed by atoms with Gasteiger partial charge in [0.15, 0.2) is 0 Å². The molecule has 0 atom stereocenters. The molecule has 0 radical (unpaired) electrons. The van der Waals surface area contributed by atoms with Crippen molar-refractivity contribution in [3.05, 3.63) is 71.8 Å². The number of benzene rings is 2. The highest BCUT2D eigenvalue weighted by atomic mass is 15.3. The molecule has 0 N–H and O–H groups in total. The maximum atomic E-state index is 2.61. The van der Waals surface area contributed by atoms with Crippen LogP contribution >= 0.6 is 0 Å². The summed E-state index contributed by atoms with van der Waals surface area (Å²) in [5, 5.41) is 0. The van der Waals surface area contributed by atoms with E-state index in [9.17, 15) is 0 Å². The van der Waals surface area contributed by atoms with Crippen LogP contribution in [0.3, 0.4) is 0 Å². The maximum Gasteiger partial charge on any atom is 0.0234 e. The number of hydrogen-bond acceptors (Lipinski definition) is 3. The second-order valence-electron chi connectivity index (χ2n) is 6.96. The molecule has 2 aromatic rings. The summed E-state index contributed by atoms with van der Waals surface area (Å²) in [6, 6.07) is 21.7. The first-order valence-corrected chi connectivity index (χ1v) is 9.58. The molecule has 0 amide bonds. The van der Waals surface area contributed by atoms with Crippen LogP contribution in [0.1, 0.15) is 18.1 Å². The minimum Gasteiger partial charge on any atom is -0.301 e. The first kappa shape index (κ1) is 18.1. The van der Waals surface area contributed by atoms with Gasteiger partial charge in [0.05, 0.1) is 0 Å². The number of nitrogens with zero attached hydrogens (tertiary/aromatic N) is 3. The summed E-state index contributed by atoms with van der Waals surface area (Å²) >= 11 is 0. The summed E-state index contributed by atoms with van der Waals surface area (Å²) in [6.45, 7) is 12.4. The van der Waals surface area contributed by atoms with Gasteiger partial charge in [-0.25, -0.2) is 0 Å². The molecule has 3 nitrogen and oxygen atoms in total. The predicted octanol–water partition coefficient (Wildman–Crippen LogP) is 3.33. The smallest absolute Gasteiger partial charge is 0.0234 e. The molecule has 0 unspecified atom stereocenters. The monoisotopic (exact) mass is 337 g/mol. The molecule has 1 aliphatic heterocycles. The zero-order valence-corrected chi connectivity index (χ0v) is 15.5. The SMILES string of the molecule is CCN1CCN(Cc2ccccc2)CCN(Cc2ccccc2)CC1. The lowest BCUT2D eigenvalue weighted by Crippen LogP contribution is -2.35. The van der Waals surface area contributed by atoms with Gasteiger partial charge in [-0.2, -0.15) is 0 Å². The summed E-state index contributed by atoms with van der Waals surface area (Å²) in [5.74, 6) is 0. The van der Waals surface area contributed by atoms with E-state index in [1.165, 1.54) is 24.2 Å². The van der Waals surface area contributed by atoms with Crippen molar-refractivity contribution in [1.82, 2.24) is 14.7 Å². The van der Waals surface area contributed by atoms with E-state index in [0.29, 0.717) is 0 Å². The van der Waals surface area contributed by atoms with Gasteiger partial charge in [-0.05, 0) is 17.7 Å². The van der Waals surface area contributed by atoms with E-state index >= 15 is 0 Å². The Bertz CT molecular complexity index is 546. The van der Waals surface area contributed by atoms with Gasteiger partial charge in [0.1, 0.15) is 0 Å². The van der Waals surface area contributed by atoms with Crippen LogP contribution in [0.5, 0.6) is 0 Å². The van der Waals surface area contributed by atoms with Gasteiger partial charge < -0.3 is 4.90 Å². The second-order valence-corrected chi connectivity index (χ2v) is 6.96. The van der Waals surface area contributed by atoms with Crippen molar-refractivity contribution in [2.24, 2.45) is 0 Å². The lowest BCUT2D eigenvalue weighted by atomic mass is 10.2. The second kappa shape index (κ2) is 9.71. The molecule has 3 heteroatoms. The molecule has 134 valence electrons. The third-order valence-electron chi connectivity index (χ3n) is 5.14. The minimum absolute atomic E-state index is 1.05. The van der Waals surface area contributed by atoms with E-state index < -0.39 is 0 Å². The Kier molecular flexibility index (Phi) is 7.04. The zero-order chi connectivity index (χ0) is 17.3. The Balaban J connectivity index is 1.64. The highest BCUT2D eigenvalue weighted by Crippen LogP contribution is 2.09. The van der Waals surface area contributed by atoms with Gasteiger partial charge in [-0.3, -0.25) is 9.80 Å². The normalized spacial score (nSPS) is 18.4. The summed E-state index contributed by atoms with van der Waals surface area (Å²) < 4.78 is 0. The van der Waals surface area contributed by atoms with Crippen molar-refractivity contribution in [3.63, 3.8) is 0 Å². The highest BCUT2D eigenvalue weighted by Gasteiger charge is 2.16. The Morgan fingerprint density at radius 1 is 0.560 bits per heavy atom. The third-order valence-corrected chi connectivity index (χ3v) is 5.14.